The van der Waals surface area contributed by atoms with E-state index in [0.717, 1.165) is 5.39 Å². The molecule has 3 rings (SSSR count). The van der Waals surface area contributed by atoms with Gasteiger partial charge in [0, 0.05) is 29.7 Å². The molecule has 29 heavy (non-hydrogen) atoms. The van der Waals surface area contributed by atoms with Crippen LogP contribution in [0.5, 0.6) is 0 Å². The van der Waals surface area contributed by atoms with E-state index in [9.17, 15) is 9.59 Å². The lowest BCUT2D eigenvalue weighted by molar-refractivity contribution is -0.123. The Bertz CT molecular complexity index is 1000. The van der Waals surface area contributed by atoms with Gasteiger partial charge in [0.05, 0.1) is 12.8 Å². The predicted octanol–water partition coefficient (Wildman–Crippen LogP) is 3.93. The van der Waals surface area contributed by atoms with E-state index in [4.69, 9.17) is 13.9 Å². The van der Waals surface area contributed by atoms with E-state index >= 15 is 0 Å². The van der Waals surface area contributed by atoms with Gasteiger partial charge in [0.2, 0.25) is 5.76 Å². The number of rotatable bonds is 8. The largest absolute Gasteiger partial charge is 0.449 e. The molecule has 1 amide bonds. The molecular formula is C21H25N3O5. The Morgan fingerprint density at radius 2 is 1.97 bits per heavy atom. The highest BCUT2D eigenvalue weighted by molar-refractivity contribution is 5.99. The van der Waals surface area contributed by atoms with Crippen molar-refractivity contribution in [1.82, 2.24) is 9.78 Å². The summed E-state index contributed by atoms with van der Waals surface area (Å²) >= 11 is 0. The monoisotopic (exact) mass is 399 g/mol. The van der Waals surface area contributed by atoms with Crippen molar-refractivity contribution in [2.45, 2.75) is 46.4 Å². The molecular weight excluding hydrogens is 374 g/mol. The first kappa shape index (κ1) is 20.6. The van der Waals surface area contributed by atoms with Gasteiger partial charge in [-0.2, -0.15) is 5.10 Å². The number of hydrogen-bond acceptors (Lipinski definition) is 6. The van der Waals surface area contributed by atoms with Crippen LogP contribution in [-0.4, -0.2) is 34.4 Å². The Kier molecular flexibility index (Phi) is 6.33. The number of esters is 1. The second kappa shape index (κ2) is 8.91. The van der Waals surface area contributed by atoms with Crippen molar-refractivity contribution in [2.24, 2.45) is 0 Å². The summed E-state index contributed by atoms with van der Waals surface area (Å²) in [4.78, 5) is 25.2. The Hall–Kier alpha value is -3.13. The molecule has 0 saturated heterocycles. The first-order chi connectivity index (χ1) is 13.9. The Labute approximate surface area is 168 Å². The van der Waals surface area contributed by atoms with Crippen molar-refractivity contribution in [3.8, 4) is 0 Å². The van der Waals surface area contributed by atoms with Crippen LogP contribution in [0.15, 0.2) is 40.9 Å². The molecule has 3 aromatic rings. The van der Waals surface area contributed by atoms with E-state index < -0.39 is 18.0 Å². The fourth-order valence-corrected chi connectivity index (χ4v) is 2.93. The second-order valence-electron chi connectivity index (χ2n) is 6.83. The lowest BCUT2D eigenvalue weighted by atomic mass is 10.1. The summed E-state index contributed by atoms with van der Waals surface area (Å²) in [5, 5.41) is 7.68. The number of benzene rings is 1. The predicted molar refractivity (Wildman–Crippen MR) is 108 cm³/mol. The number of carbonyl (C=O) groups is 2. The van der Waals surface area contributed by atoms with E-state index in [1.54, 1.807) is 23.0 Å². The number of furan rings is 1. The zero-order valence-electron chi connectivity index (χ0n) is 17.0. The van der Waals surface area contributed by atoms with Crippen LogP contribution < -0.4 is 5.32 Å². The fraction of sp³-hybridized carbons (Fsp3) is 0.381. The smallest absolute Gasteiger partial charge is 0.375 e. The van der Waals surface area contributed by atoms with Crippen LogP contribution in [0.2, 0.25) is 0 Å². The summed E-state index contributed by atoms with van der Waals surface area (Å²) in [5.74, 6) is -0.584. The van der Waals surface area contributed by atoms with Gasteiger partial charge in [0.15, 0.2) is 6.10 Å². The summed E-state index contributed by atoms with van der Waals surface area (Å²) in [7, 11) is 0. The molecule has 0 aliphatic heterocycles. The average molecular weight is 399 g/mol. The number of para-hydroxylation sites is 1. The maximum absolute atomic E-state index is 12.7. The molecule has 0 bridgehead atoms. The van der Waals surface area contributed by atoms with Gasteiger partial charge < -0.3 is 19.2 Å². The minimum absolute atomic E-state index is 0.0477. The summed E-state index contributed by atoms with van der Waals surface area (Å²) in [5.41, 5.74) is 1.17. The number of carbonyl (C=O) groups excluding carboxylic acids is 2. The first-order valence-corrected chi connectivity index (χ1v) is 9.55. The van der Waals surface area contributed by atoms with Crippen LogP contribution in [0.3, 0.4) is 0 Å². The number of hydrogen-bond donors (Lipinski definition) is 1. The van der Waals surface area contributed by atoms with Crippen molar-refractivity contribution in [3.05, 3.63) is 47.9 Å². The van der Waals surface area contributed by atoms with Gasteiger partial charge in [-0.15, -0.1) is 0 Å². The van der Waals surface area contributed by atoms with Gasteiger partial charge in [0.25, 0.3) is 5.91 Å². The third-order valence-corrected chi connectivity index (χ3v) is 4.40. The second-order valence-corrected chi connectivity index (χ2v) is 6.83. The number of aromatic nitrogens is 2. The average Bonchev–Trinajstić information content (AvgIpc) is 3.30. The van der Waals surface area contributed by atoms with Crippen molar-refractivity contribution < 1.29 is 23.5 Å². The molecule has 8 heteroatoms. The Morgan fingerprint density at radius 1 is 1.21 bits per heavy atom. The molecule has 0 radical (unpaired) electrons. The van der Waals surface area contributed by atoms with E-state index in [2.05, 4.69) is 10.4 Å². The highest BCUT2D eigenvalue weighted by Gasteiger charge is 2.26. The van der Waals surface area contributed by atoms with Crippen LogP contribution in [0.25, 0.3) is 11.0 Å². The molecule has 0 fully saturated rings. The zero-order valence-corrected chi connectivity index (χ0v) is 17.0. The molecule has 1 aromatic carbocycles. The Morgan fingerprint density at radius 3 is 2.69 bits per heavy atom. The number of amides is 1. The SMILES string of the molecule is CCOCc1c(C(=O)O[C@H](C)C(=O)Nc2ccnn2C(C)C)oc2ccccc12. The fourth-order valence-electron chi connectivity index (χ4n) is 2.93. The first-order valence-electron chi connectivity index (χ1n) is 9.55. The van der Waals surface area contributed by atoms with Gasteiger partial charge in [-0.1, -0.05) is 18.2 Å². The van der Waals surface area contributed by atoms with E-state index in [-0.39, 0.29) is 18.4 Å². The number of anilines is 1. The van der Waals surface area contributed by atoms with Gasteiger partial charge in [-0.25, -0.2) is 9.48 Å². The lowest BCUT2D eigenvalue weighted by Crippen LogP contribution is -2.31. The maximum Gasteiger partial charge on any atom is 0.375 e. The van der Waals surface area contributed by atoms with Crippen molar-refractivity contribution in [1.29, 1.82) is 0 Å². The zero-order chi connectivity index (χ0) is 21.0. The highest BCUT2D eigenvalue weighted by atomic mass is 16.6. The molecule has 154 valence electrons. The number of nitrogens with zero attached hydrogens (tertiary/aromatic N) is 2. The quantitative estimate of drug-likeness (QED) is 0.577. The van der Waals surface area contributed by atoms with Crippen LogP contribution in [0.4, 0.5) is 5.82 Å². The number of fused-ring (bicyclic) bond motifs is 1. The normalized spacial score (nSPS) is 12.3. The standard InChI is InChI=1S/C21H25N3O5/c1-5-27-12-16-15-8-6-7-9-17(15)29-19(16)21(26)28-14(4)20(25)23-18-10-11-22-24(18)13(2)3/h6-11,13-14H,5,12H2,1-4H3,(H,23,25)/t14-/m1/s1. The Balaban J connectivity index is 1.75. The van der Waals surface area contributed by atoms with Gasteiger partial charge in [-0.05, 0) is 33.8 Å². The molecule has 2 heterocycles. The molecule has 2 aromatic heterocycles. The molecule has 0 spiro atoms. The number of nitrogens with one attached hydrogen (secondary N) is 1. The van der Waals surface area contributed by atoms with Crippen molar-refractivity contribution in [2.75, 3.05) is 11.9 Å². The topological polar surface area (TPSA) is 95.6 Å². The molecule has 1 N–H and O–H groups in total. The van der Waals surface area contributed by atoms with E-state index in [1.807, 2.05) is 39.0 Å². The molecule has 0 unspecified atom stereocenters. The van der Waals surface area contributed by atoms with Crippen LogP contribution >= 0.6 is 0 Å². The van der Waals surface area contributed by atoms with E-state index in [0.29, 0.717) is 23.6 Å². The van der Waals surface area contributed by atoms with Crippen LogP contribution in [0, 0.1) is 0 Å². The summed E-state index contributed by atoms with van der Waals surface area (Å²) in [6.07, 6.45) is 0.576. The third kappa shape index (κ3) is 4.48. The highest BCUT2D eigenvalue weighted by Crippen LogP contribution is 2.27. The molecule has 8 nitrogen and oxygen atoms in total. The summed E-state index contributed by atoms with van der Waals surface area (Å²) in [6, 6.07) is 9.06. The molecule has 1 atom stereocenters. The van der Waals surface area contributed by atoms with Gasteiger partial charge in [0.1, 0.15) is 11.4 Å². The van der Waals surface area contributed by atoms with Gasteiger partial charge in [-0.3, -0.25) is 4.79 Å². The maximum atomic E-state index is 12.7. The van der Waals surface area contributed by atoms with Crippen LogP contribution in [0.1, 0.15) is 49.9 Å². The van der Waals surface area contributed by atoms with Crippen molar-refractivity contribution >= 4 is 28.7 Å². The number of ether oxygens (including phenoxy) is 2. The van der Waals surface area contributed by atoms with Gasteiger partial charge >= 0.3 is 5.97 Å². The molecule has 0 aliphatic carbocycles. The third-order valence-electron chi connectivity index (χ3n) is 4.40. The minimum atomic E-state index is -1.02. The molecule has 0 aliphatic rings. The summed E-state index contributed by atoms with van der Waals surface area (Å²) < 4.78 is 18.2. The minimum Gasteiger partial charge on any atom is -0.449 e. The molecule has 0 saturated carbocycles. The van der Waals surface area contributed by atoms with Crippen molar-refractivity contribution in [3.63, 3.8) is 0 Å². The van der Waals surface area contributed by atoms with Crippen LogP contribution in [-0.2, 0) is 20.9 Å². The van der Waals surface area contributed by atoms with E-state index in [1.165, 1.54) is 6.92 Å². The lowest BCUT2D eigenvalue weighted by Gasteiger charge is -2.15. The summed E-state index contributed by atoms with van der Waals surface area (Å²) in [6.45, 7) is 7.99.